The normalized spacial score (nSPS) is 4.00. The molecule has 0 spiro atoms. The summed E-state index contributed by atoms with van der Waals surface area (Å²) >= 11 is 0. The Morgan fingerprint density at radius 2 is 1.33 bits per heavy atom. The summed E-state index contributed by atoms with van der Waals surface area (Å²) in [5.74, 6) is 0. The Morgan fingerprint density at radius 1 is 1.33 bits per heavy atom. The van der Waals surface area contributed by atoms with Gasteiger partial charge in [0.15, 0.2) is 0 Å². The van der Waals surface area contributed by atoms with Crippen LogP contribution in [0, 0.1) is 15.3 Å². The second kappa shape index (κ2) is 9.00. The van der Waals surface area contributed by atoms with Gasteiger partial charge in [-0.3, -0.25) is 0 Å². The Kier molecular flexibility index (Phi) is 24.4. The van der Waals surface area contributed by atoms with Gasteiger partial charge in [-0.1, -0.05) is 0 Å². The van der Waals surface area contributed by atoms with Gasteiger partial charge in [-0.2, -0.15) is 0 Å². The molecule has 0 aromatic rings. The van der Waals surface area contributed by atoms with Gasteiger partial charge in [-0.25, -0.2) is 0 Å². The quantitative estimate of drug-likeness (QED) is 0.242. The van der Waals surface area contributed by atoms with E-state index < -0.39 is 5.09 Å². The molecule has 35 valence electrons. The monoisotopic (exact) mass is 129 g/mol. The molecule has 0 unspecified atom stereocenters. The zero-order chi connectivity index (χ0) is 3.58. The Bertz CT molecular complexity index is 33.8. The van der Waals surface area contributed by atoms with E-state index in [4.69, 9.17) is 15.3 Å². The number of hydrogen-bond acceptors (Lipinski definition) is 3. The van der Waals surface area contributed by atoms with Gasteiger partial charge in [0, 0.05) is 16.8 Å². The van der Waals surface area contributed by atoms with Crippen molar-refractivity contribution in [2.75, 3.05) is 0 Å². The fourth-order valence-corrected chi connectivity index (χ4v) is 0. The van der Waals surface area contributed by atoms with Gasteiger partial charge in [0.25, 0.3) is 0 Å². The van der Waals surface area contributed by atoms with Gasteiger partial charge >= 0.3 is 18.9 Å². The summed E-state index contributed by atoms with van der Waals surface area (Å²) in [6, 6.07) is 0. The molecule has 1 radical (unpaired) electrons. The van der Waals surface area contributed by atoms with Crippen molar-refractivity contribution in [3.63, 3.8) is 0 Å². The molecule has 0 amide bonds. The summed E-state index contributed by atoms with van der Waals surface area (Å²) in [5.41, 5.74) is 0. The second-order valence-electron chi connectivity index (χ2n) is 0.224. The first-order valence-electron chi connectivity index (χ1n) is 0.548. The number of nitrogens with zero attached hydrogens (tertiary/aromatic N) is 1. The van der Waals surface area contributed by atoms with Crippen molar-refractivity contribution in [2.45, 2.75) is 0 Å². The molecule has 0 rings (SSSR count). The summed E-state index contributed by atoms with van der Waals surface area (Å²) < 4.78 is 0. The zero-order valence-electron chi connectivity index (χ0n) is 2.01. The molecular weight excluding hydrogens is 128 g/mol. The van der Waals surface area contributed by atoms with Crippen LogP contribution >= 0.6 is 0 Å². The second-order valence-corrected chi connectivity index (χ2v) is 0.224. The molecular formula is HCoLiNO3-. The van der Waals surface area contributed by atoms with Crippen molar-refractivity contribution < 1.29 is 21.9 Å². The van der Waals surface area contributed by atoms with E-state index in [9.17, 15) is 0 Å². The summed E-state index contributed by atoms with van der Waals surface area (Å²) in [6.07, 6.45) is 0. The van der Waals surface area contributed by atoms with E-state index in [2.05, 4.69) is 0 Å². The Hall–Kier alpha value is 0.304. The van der Waals surface area contributed by atoms with E-state index in [1.165, 1.54) is 0 Å². The van der Waals surface area contributed by atoms with E-state index in [0.717, 1.165) is 0 Å². The Labute approximate surface area is 56.4 Å². The van der Waals surface area contributed by atoms with E-state index in [-0.39, 0.29) is 35.6 Å². The molecule has 0 aromatic heterocycles. The van der Waals surface area contributed by atoms with E-state index >= 15 is 0 Å². The van der Waals surface area contributed by atoms with E-state index in [1.54, 1.807) is 0 Å². The van der Waals surface area contributed by atoms with E-state index in [1.807, 2.05) is 0 Å². The maximum atomic E-state index is 8.25. The molecule has 0 aliphatic rings. The van der Waals surface area contributed by atoms with Gasteiger partial charge in [0.2, 0.25) is 0 Å². The van der Waals surface area contributed by atoms with Gasteiger partial charge in [-0.15, -0.1) is 0 Å². The Morgan fingerprint density at radius 3 is 1.33 bits per heavy atom. The molecule has 0 atom stereocenters. The molecule has 0 aliphatic carbocycles. The molecule has 0 aromatic carbocycles. The first kappa shape index (κ1) is 16.2. The first-order valence-corrected chi connectivity index (χ1v) is 0.548. The summed E-state index contributed by atoms with van der Waals surface area (Å²) in [6.45, 7) is 0. The molecule has 0 saturated carbocycles. The molecule has 6 heteroatoms. The van der Waals surface area contributed by atoms with Crippen LogP contribution in [0.4, 0.5) is 0 Å². The first-order chi connectivity index (χ1) is 1.73. The topological polar surface area (TPSA) is 66.2 Å². The SMILES string of the molecule is O=[N+]([O-])[O-].[Co].[LiH]. The van der Waals surface area contributed by atoms with Gasteiger partial charge in [0.1, 0.15) is 0 Å². The van der Waals surface area contributed by atoms with Crippen molar-refractivity contribution in [3.05, 3.63) is 15.3 Å². The van der Waals surface area contributed by atoms with Crippen LogP contribution < -0.4 is 0 Å². The molecule has 0 saturated heterocycles. The van der Waals surface area contributed by atoms with Crippen LogP contribution in [0.5, 0.6) is 0 Å². The third-order valence-electron chi connectivity index (χ3n) is 0. The summed E-state index contributed by atoms with van der Waals surface area (Å²) in [7, 11) is 0. The van der Waals surface area contributed by atoms with Crippen LogP contribution in [0.15, 0.2) is 0 Å². The molecule has 0 N–H and O–H groups in total. The van der Waals surface area contributed by atoms with Crippen molar-refractivity contribution >= 4 is 18.9 Å². The van der Waals surface area contributed by atoms with Crippen LogP contribution in [-0.4, -0.2) is 23.9 Å². The number of hydrogen-bond donors (Lipinski definition) is 0. The summed E-state index contributed by atoms with van der Waals surface area (Å²) in [5, 5.41) is 14.8. The van der Waals surface area contributed by atoms with Crippen LogP contribution in [0.3, 0.4) is 0 Å². The standard InChI is InChI=1S/Co.Li.NO3.H/c;;2-1(3)4;/q;;-1;. The molecule has 0 fully saturated rings. The Balaban J connectivity index is -0.0000000450. The van der Waals surface area contributed by atoms with Crippen LogP contribution in [0.2, 0.25) is 0 Å². The van der Waals surface area contributed by atoms with Crippen molar-refractivity contribution in [1.29, 1.82) is 0 Å². The van der Waals surface area contributed by atoms with Gasteiger partial charge in [-0.05, 0) is 0 Å². The minimum atomic E-state index is -1.75. The van der Waals surface area contributed by atoms with E-state index in [0.29, 0.717) is 0 Å². The average Bonchev–Trinajstić information content (AvgIpc) is 0.811. The molecule has 0 heterocycles. The molecule has 0 bridgehead atoms. The van der Waals surface area contributed by atoms with Crippen molar-refractivity contribution in [2.24, 2.45) is 0 Å². The predicted octanol–water partition coefficient (Wildman–Crippen LogP) is -0.890. The van der Waals surface area contributed by atoms with Crippen molar-refractivity contribution in [3.8, 4) is 0 Å². The third kappa shape index (κ3) is 509. The van der Waals surface area contributed by atoms with Gasteiger partial charge in [0.05, 0.1) is 5.09 Å². The van der Waals surface area contributed by atoms with Crippen LogP contribution in [-0.2, 0) is 16.8 Å². The fraction of sp³-hybridized carbons (Fsp3) is 0. The van der Waals surface area contributed by atoms with Crippen LogP contribution in [0.25, 0.3) is 0 Å². The molecule has 6 heavy (non-hydrogen) atoms. The zero-order valence-corrected chi connectivity index (χ0v) is 3.05. The third-order valence-corrected chi connectivity index (χ3v) is 0. The summed E-state index contributed by atoms with van der Waals surface area (Å²) in [4.78, 5) is 8.25. The molecule has 0 aliphatic heterocycles. The fourth-order valence-electron chi connectivity index (χ4n) is 0. The van der Waals surface area contributed by atoms with Gasteiger partial charge < -0.3 is 15.3 Å². The van der Waals surface area contributed by atoms with Crippen LogP contribution in [0.1, 0.15) is 0 Å². The molecule has 4 nitrogen and oxygen atoms in total. The maximum absolute atomic E-state index is 8.25. The minimum absolute atomic E-state index is 0. The van der Waals surface area contributed by atoms with Crippen molar-refractivity contribution in [1.82, 2.24) is 0 Å². The number of rotatable bonds is 0. The predicted molar refractivity (Wildman–Crippen MR) is 17.5 cm³/mol. The average molecular weight is 129 g/mol.